The molecule has 0 bridgehead atoms. The first-order valence-corrected chi connectivity index (χ1v) is 6.88. The lowest BCUT2D eigenvalue weighted by Crippen LogP contribution is -2.37. The smallest absolute Gasteiger partial charge is 0.191 e. The van der Waals surface area contributed by atoms with Crippen LogP contribution in [-0.2, 0) is 6.54 Å². The molecule has 0 saturated heterocycles. The summed E-state index contributed by atoms with van der Waals surface area (Å²) < 4.78 is 5.32. The van der Waals surface area contributed by atoms with E-state index in [4.69, 9.17) is 4.74 Å². The summed E-state index contributed by atoms with van der Waals surface area (Å²) in [4.78, 5) is 4.21. The lowest BCUT2D eigenvalue weighted by atomic mass is 10.2. The number of guanidine groups is 1. The molecule has 0 atom stereocenters. The van der Waals surface area contributed by atoms with E-state index in [-0.39, 0.29) is 24.0 Å². The number of ether oxygens (including phenoxy) is 1. The molecule has 1 rings (SSSR count). The zero-order chi connectivity index (χ0) is 13.9. The highest BCUT2D eigenvalue weighted by atomic mass is 127. The Kier molecular flexibility index (Phi) is 11.2. The normalized spacial score (nSPS) is 10.7. The molecule has 20 heavy (non-hydrogen) atoms. The molecule has 4 nitrogen and oxygen atoms in total. The molecule has 0 fully saturated rings. The van der Waals surface area contributed by atoms with E-state index in [1.54, 1.807) is 14.2 Å². The van der Waals surface area contributed by atoms with Gasteiger partial charge in [0, 0.05) is 25.7 Å². The van der Waals surface area contributed by atoms with Crippen LogP contribution in [0.3, 0.4) is 0 Å². The summed E-state index contributed by atoms with van der Waals surface area (Å²) in [6.07, 6.45) is 3.65. The van der Waals surface area contributed by atoms with Crippen molar-refractivity contribution in [3.63, 3.8) is 0 Å². The van der Waals surface area contributed by atoms with E-state index in [0.717, 1.165) is 23.8 Å². The number of methoxy groups -OCH3 is 1. The molecule has 0 radical (unpaired) electrons. The molecule has 2 N–H and O–H groups in total. The number of aliphatic imine (C=N–C) groups is 1. The summed E-state index contributed by atoms with van der Waals surface area (Å²) in [5.41, 5.74) is 1.13. The van der Waals surface area contributed by atoms with Gasteiger partial charge in [0.15, 0.2) is 5.96 Å². The summed E-state index contributed by atoms with van der Waals surface area (Å²) in [7, 11) is 3.48. The number of benzene rings is 1. The largest absolute Gasteiger partial charge is 0.496 e. The number of nitrogens with one attached hydrogen (secondary N) is 2. The third kappa shape index (κ3) is 6.98. The van der Waals surface area contributed by atoms with Crippen molar-refractivity contribution in [2.24, 2.45) is 4.99 Å². The molecule has 0 unspecified atom stereocenters. The van der Waals surface area contributed by atoms with Gasteiger partial charge >= 0.3 is 0 Å². The first-order chi connectivity index (χ1) is 9.31. The Balaban J connectivity index is 0.00000361. The van der Waals surface area contributed by atoms with Gasteiger partial charge in [0.1, 0.15) is 5.75 Å². The zero-order valence-corrected chi connectivity index (χ0v) is 14.9. The molecule has 0 aliphatic heterocycles. The number of hydrogen-bond acceptors (Lipinski definition) is 2. The second-order valence-electron chi connectivity index (χ2n) is 4.37. The molecule has 0 aromatic heterocycles. The maximum Gasteiger partial charge on any atom is 0.191 e. The van der Waals surface area contributed by atoms with Crippen LogP contribution >= 0.6 is 24.0 Å². The van der Waals surface area contributed by atoms with Crippen molar-refractivity contribution in [1.29, 1.82) is 0 Å². The maximum atomic E-state index is 5.32. The van der Waals surface area contributed by atoms with Gasteiger partial charge in [-0.3, -0.25) is 4.99 Å². The van der Waals surface area contributed by atoms with E-state index in [2.05, 4.69) is 28.6 Å². The maximum absolute atomic E-state index is 5.32. The molecular formula is C15H26IN3O. The lowest BCUT2D eigenvalue weighted by Gasteiger charge is -2.13. The molecule has 0 aliphatic carbocycles. The van der Waals surface area contributed by atoms with Crippen molar-refractivity contribution in [1.82, 2.24) is 10.6 Å². The number of halogens is 1. The monoisotopic (exact) mass is 391 g/mol. The Morgan fingerprint density at radius 3 is 2.60 bits per heavy atom. The van der Waals surface area contributed by atoms with Crippen LogP contribution in [0.4, 0.5) is 0 Å². The van der Waals surface area contributed by atoms with Crippen LogP contribution in [-0.4, -0.2) is 26.7 Å². The first-order valence-electron chi connectivity index (χ1n) is 6.88. The average Bonchev–Trinajstić information content (AvgIpc) is 2.47. The van der Waals surface area contributed by atoms with E-state index in [9.17, 15) is 0 Å². The number of para-hydroxylation sites is 1. The fraction of sp³-hybridized carbons (Fsp3) is 0.533. The third-order valence-electron chi connectivity index (χ3n) is 2.94. The zero-order valence-electron chi connectivity index (χ0n) is 12.6. The summed E-state index contributed by atoms with van der Waals surface area (Å²) in [5, 5.41) is 6.61. The Hall–Kier alpha value is -0.980. The summed E-state index contributed by atoms with van der Waals surface area (Å²) in [6.45, 7) is 3.87. The van der Waals surface area contributed by atoms with Crippen LogP contribution in [0.5, 0.6) is 5.75 Å². The van der Waals surface area contributed by atoms with Gasteiger partial charge in [-0.2, -0.15) is 0 Å². The molecule has 0 aliphatic rings. The molecule has 1 aromatic rings. The minimum atomic E-state index is 0. The van der Waals surface area contributed by atoms with E-state index in [1.807, 2.05) is 18.2 Å². The fourth-order valence-electron chi connectivity index (χ4n) is 1.83. The van der Waals surface area contributed by atoms with E-state index < -0.39 is 0 Å². The van der Waals surface area contributed by atoms with Gasteiger partial charge in [-0.15, -0.1) is 24.0 Å². The SMILES string of the molecule is CCCCCNC(=NC)NCc1ccccc1OC.I. The van der Waals surface area contributed by atoms with E-state index in [0.29, 0.717) is 6.54 Å². The Labute approximate surface area is 139 Å². The minimum Gasteiger partial charge on any atom is -0.496 e. The molecule has 0 amide bonds. The van der Waals surface area contributed by atoms with Crippen molar-refractivity contribution >= 4 is 29.9 Å². The van der Waals surface area contributed by atoms with Crippen LogP contribution < -0.4 is 15.4 Å². The van der Waals surface area contributed by atoms with Gasteiger partial charge in [0.2, 0.25) is 0 Å². The van der Waals surface area contributed by atoms with Gasteiger partial charge in [-0.05, 0) is 12.5 Å². The van der Waals surface area contributed by atoms with Crippen LogP contribution in [0.15, 0.2) is 29.3 Å². The van der Waals surface area contributed by atoms with Crippen LogP contribution in [0.25, 0.3) is 0 Å². The van der Waals surface area contributed by atoms with Crippen molar-refractivity contribution in [2.75, 3.05) is 20.7 Å². The minimum absolute atomic E-state index is 0. The number of rotatable bonds is 7. The van der Waals surface area contributed by atoms with Gasteiger partial charge in [0.05, 0.1) is 7.11 Å². The molecule has 0 heterocycles. The number of nitrogens with zero attached hydrogens (tertiary/aromatic N) is 1. The Bertz CT molecular complexity index is 396. The summed E-state index contributed by atoms with van der Waals surface area (Å²) >= 11 is 0. The van der Waals surface area contributed by atoms with Crippen molar-refractivity contribution < 1.29 is 4.74 Å². The quantitative estimate of drug-likeness (QED) is 0.325. The fourth-order valence-corrected chi connectivity index (χ4v) is 1.83. The van der Waals surface area contributed by atoms with Gasteiger partial charge in [0.25, 0.3) is 0 Å². The van der Waals surface area contributed by atoms with Crippen molar-refractivity contribution in [2.45, 2.75) is 32.7 Å². The summed E-state index contributed by atoms with van der Waals surface area (Å²) in [6, 6.07) is 8.00. The predicted octanol–water partition coefficient (Wildman–Crippen LogP) is 3.17. The topological polar surface area (TPSA) is 45.7 Å². The first kappa shape index (κ1) is 19.0. The van der Waals surface area contributed by atoms with Crippen LogP contribution in [0, 0.1) is 0 Å². The molecule has 1 aromatic carbocycles. The lowest BCUT2D eigenvalue weighted by molar-refractivity contribution is 0.409. The predicted molar refractivity (Wildman–Crippen MR) is 96.1 cm³/mol. The second-order valence-corrected chi connectivity index (χ2v) is 4.37. The molecule has 0 spiro atoms. The Morgan fingerprint density at radius 1 is 1.20 bits per heavy atom. The van der Waals surface area contributed by atoms with Gasteiger partial charge in [-0.25, -0.2) is 0 Å². The van der Waals surface area contributed by atoms with Gasteiger partial charge in [-0.1, -0.05) is 38.0 Å². The van der Waals surface area contributed by atoms with Crippen molar-refractivity contribution in [3.05, 3.63) is 29.8 Å². The molecular weight excluding hydrogens is 365 g/mol. The Morgan fingerprint density at radius 2 is 1.95 bits per heavy atom. The highest BCUT2D eigenvalue weighted by Gasteiger charge is 2.02. The number of hydrogen-bond donors (Lipinski definition) is 2. The highest BCUT2D eigenvalue weighted by molar-refractivity contribution is 14.0. The van der Waals surface area contributed by atoms with Crippen LogP contribution in [0.1, 0.15) is 31.7 Å². The third-order valence-corrected chi connectivity index (χ3v) is 2.94. The van der Waals surface area contributed by atoms with E-state index in [1.165, 1.54) is 19.3 Å². The standard InChI is InChI=1S/C15H25N3O.HI/c1-4-5-8-11-17-15(16-2)18-12-13-9-6-7-10-14(13)19-3;/h6-7,9-10H,4-5,8,11-12H2,1-3H3,(H2,16,17,18);1H. The van der Waals surface area contributed by atoms with Gasteiger partial charge < -0.3 is 15.4 Å². The molecule has 0 saturated carbocycles. The van der Waals surface area contributed by atoms with Crippen molar-refractivity contribution in [3.8, 4) is 5.75 Å². The molecule has 114 valence electrons. The van der Waals surface area contributed by atoms with E-state index >= 15 is 0 Å². The average molecular weight is 391 g/mol. The second kappa shape index (κ2) is 11.8. The highest BCUT2D eigenvalue weighted by Crippen LogP contribution is 2.16. The molecule has 5 heteroatoms. The summed E-state index contributed by atoms with van der Waals surface area (Å²) in [5.74, 6) is 1.73. The van der Waals surface area contributed by atoms with Crippen LogP contribution in [0.2, 0.25) is 0 Å². The number of unbranched alkanes of at least 4 members (excludes halogenated alkanes) is 2.